The van der Waals surface area contributed by atoms with Crippen LogP contribution in [-0.2, 0) is 28.8 Å². The van der Waals surface area contributed by atoms with Crippen molar-refractivity contribution in [2.75, 3.05) is 13.6 Å². The summed E-state index contributed by atoms with van der Waals surface area (Å²) < 4.78 is 0. The van der Waals surface area contributed by atoms with Gasteiger partial charge < -0.3 is 26.2 Å². The molecule has 0 aromatic heterocycles. The summed E-state index contributed by atoms with van der Waals surface area (Å²) in [5.74, 6) is -3.38. The minimum atomic E-state index is -1.20. The third-order valence-electron chi connectivity index (χ3n) is 9.38. The zero-order valence-corrected chi connectivity index (χ0v) is 27.6. The number of carbonyl (C=O) groups is 6. The molecule has 3 fully saturated rings. The van der Waals surface area contributed by atoms with E-state index < -0.39 is 47.1 Å². The fourth-order valence-electron chi connectivity index (χ4n) is 6.28. The molecule has 0 unspecified atom stereocenters. The monoisotopic (exact) mass is 617 g/mol. The lowest BCUT2D eigenvalue weighted by molar-refractivity contribution is -0.146. The molecule has 4 N–H and O–H groups in total. The van der Waals surface area contributed by atoms with E-state index in [4.69, 9.17) is 0 Å². The largest absolute Gasteiger partial charge is 0.356 e. The number of Topliss-reactive ketones (excluding diaryl/α,β-unsaturated/α-hetero) is 1. The number of hydrogen-bond acceptors (Lipinski definition) is 6. The average molecular weight is 618 g/mol. The topological polar surface area (TPSA) is 154 Å². The highest BCUT2D eigenvalue weighted by Crippen LogP contribution is 2.29. The molecule has 1 saturated heterocycles. The van der Waals surface area contributed by atoms with Crippen molar-refractivity contribution < 1.29 is 28.8 Å². The fraction of sp³-hybridized carbons (Fsp3) is 0.818. The molecule has 0 aromatic carbocycles. The highest BCUT2D eigenvalue weighted by molar-refractivity contribution is 6.38. The summed E-state index contributed by atoms with van der Waals surface area (Å²) in [7, 11) is 1.57. The van der Waals surface area contributed by atoms with Crippen molar-refractivity contribution in [2.24, 2.45) is 23.2 Å². The van der Waals surface area contributed by atoms with Crippen molar-refractivity contribution in [1.82, 2.24) is 26.2 Å². The summed E-state index contributed by atoms with van der Waals surface area (Å²) in [4.78, 5) is 81.5. The van der Waals surface area contributed by atoms with Crippen LogP contribution in [0.3, 0.4) is 0 Å². The first-order valence-electron chi connectivity index (χ1n) is 16.7. The number of piperidine rings is 1. The molecule has 5 amide bonds. The predicted octanol–water partition coefficient (Wildman–Crippen LogP) is 2.61. The molecule has 2 saturated carbocycles. The number of hydrogen-bond donors (Lipinski definition) is 4. The molecule has 1 aliphatic heterocycles. The summed E-state index contributed by atoms with van der Waals surface area (Å²) in [6.07, 6.45) is 8.87. The molecule has 3 rings (SSSR count). The van der Waals surface area contributed by atoms with E-state index in [9.17, 15) is 28.8 Å². The van der Waals surface area contributed by atoms with E-state index >= 15 is 0 Å². The Morgan fingerprint density at radius 3 is 2.11 bits per heavy atom. The molecule has 44 heavy (non-hydrogen) atoms. The number of ketones is 1. The first kappa shape index (κ1) is 35.5. The predicted molar refractivity (Wildman–Crippen MR) is 167 cm³/mol. The second-order valence-electron chi connectivity index (χ2n) is 14.6. The van der Waals surface area contributed by atoms with Crippen LogP contribution in [0.25, 0.3) is 0 Å². The van der Waals surface area contributed by atoms with Gasteiger partial charge in [0.1, 0.15) is 12.1 Å². The van der Waals surface area contributed by atoms with Gasteiger partial charge in [-0.25, -0.2) is 0 Å². The number of nitrogens with one attached hydrogen (secondary N) is 4. The van der Waals surface area contributed by atoms with E-state index in [-0.39, 0.29) is 42.0 Å². The van der Waals surface area contributed by atoms with Gasteiger partial charge in [0.25, 0.3) is 5.91 Å². The van der Waals surface area contributed by atoms with Crippen LogP contribution in [0.5, 0.6) is 0 Å². The van der Waals surface area contributed by atoms with E-state index in [0.29, 0.717) is 19.4 Å². The maximum Gasteiger partial charge on any atom is 0.289 e. The van der Waals surface area contributed by atoms with Crippen LogP contribution >= 0.6 is 0 Å². The summed E-state index contributed by atoms with van der Waals surface area (Å²) in [6.45, 7) is 9.84. The molecule has 11 heteroatoms. The number of likely N-dealkylation sites (N-methyl/N-ethyl adjacent to an activating group) is 1. The first-order chi connectivity index (χ1) is 20.7. The lowest BCUT2D eigenvalue weighted by Gasteiger charge is -2.37. The van der Waals surface area contributed by atoms with Crippen molar-refractivity contribution >= 4 is 35.3 Å². The van der Waals surface area contributed by atoms with Gasteiger partial charge in [-0.1, -0.05) is 53.9 Å². The van der Waals surface area contributed by atoms with Crippen molar-refractivity contribution in [3.05, 3.63) is 0 Å². The van der Waals surface area contributed by atoms with Gasteiger partial charge in [0, 0.05) is 31.0 Å². The Kier molecular flexibility index (Phi) is 12.8. The van der Waals surface area contributed by atoms with Gasteiger partial charge >= 0.3 is 0 Å². The molecular weight excluding hydrogens is 562 g/mol. The maximum atomic E-state index is 14.1. The second-order valence-corrected chi connectivity index (χ2v) is 14.6. The van der Waals surface area contributed by atoms with Gasteiger partial charge in [0.15, 0.2) is 0 Å². The van der Waals surface area contributed by atoms with Crippen molar-refractivity contribution in [3.8, 4) is 0 Å². The van der Waals surface area contributed by atoms with Crippen LogP contribution in [0.1, 0.15) is 112 Å². The van der Waals surface area contributed by atoms with Crippen molar-refractivity contribution in [2.45, 2.75) is 136 Å². The summed E-state index contributed by atoms with van der Waals surface area (Å²) in [6, 6.07) is -2.97. The van der Waals surface area contributed by atoms with E-state index in [1.165, 1.54) is 4.90 Å². The lowest BCUT2D eigenvalue weighted by atomic mass is 9.82. The van der Waals surface area contributed by atoms with Gasteiger partial charge in [-0.05, 0) is 69.6 Å². The van der Waals surface area contributed by atoms with E-state index in [1.807, 2.05) is 13.8 Å². The van der Waals surface area contributed by atoms with Crippen molar-refractivity contribution in [3.63, 3.8) is 0 Å². The molecule has 1 heterocycles. The molecule has 2 aliphatic carbocycles. The van der Waals surface area contributed by atoms with Gasteiger partial charge in [0.2, 0.25) is 29.4 Å². The van der Waals surface area contributed by atoms with E-state index in [1.54, 1.807) is 27.8 Å². The molecule has 4 atom stereocenters. The Bertz CT molecular complexity index is 1060. The standard InChI is InChI=1S/C33H55N5O6/c1-20(2)18-25(38(6)31(43)26(21-12-8-7-9-13-21)37-32(44)33(3,4)5)29(41)36-24(19-22-14-11-17-34-28(22)40)27(39)30(42)35-23-15-10-16-23/h20-26H,7-19H2,1-6H3,(H,34,40)(H,35,42)(H,36,41)(H,37,44)/t22-,24-,25-,26+/m0/s1. The van der Waals surface area contributed by atoms with E-state index in [0.717, 1.165) is 57.8 Å². The molecular formula is C33H55N5O6. The van der Waals surface area contributed by atoms with Crippen LogP contribution in [0.2, 0.25) is 0 Å². The lowest BCUT2D eigenvalue weighted by Crippen LogP contribution is -2.60. The Morgan fingerprint density at radius 1 is 0.909 bits per heavy atom. The number of rotatable bonds is 13. The van der Waals surface area contributed by atoms with Crippen LogP contribution in [0.4, 0.5) is 0 Å². The van der Waals surface area contributed by atoms with Gasteiger partial charge in [-0.3, -0.25) is 28.8 Å². The van der Waals surface area contributed by atoms with Crippen molar-refractivity contribution in [1.29, 1.82) is 0 Å². The first-order valence-corrected chi connectivity index (χ1v) is 16.7. The Labute approximate surface area is 262 Å². The third-order valence-corrected chi connectivity index (χ3v) is 9.38. The number of carbonyl (C=O) groups excluding carboxylic acids is 6. The van der Waals surface area contributed by atoms with Gasteiger partial charge in [-0.2, -0.15) is 0 Å². The molecule has 0 radical (unpaired) electrons. The highest BCUT2D eigenvalue weighted by Gasteiger charge is 2.40. The SMILES string of the molecule is CC(C)C[C@@H](C(=O)N[C@@H](C[C@@H]1CCCNC1=O)C(=O)C(=O)NC1CCC1)N(C)C(=O)[C@H](NC(=O)C(C)(C)C)C1CCCCC1. The Balaban J connectivity index is 1.84. The summed E-state index contributed by atoms with van der Waals surface area (Å²) in [5.41, 5.74) is -0.695. The quantitative estimate of drug-likeness (QED) is 0.233. The number of nitrogens with zero attached hydrogens (tertiary/aromatic N) is 1. The summed E-state index contributed by atoms with van der Waals surface area (Å²) in [5, 5.41) is 11.4. The highest BCUT2D eigenvalue weighted by atomic mass is 16.2. The average Bonchev–Trinajstić information content (AvgIpc) is 2.95. The van der Waals surface area contributed by atoms with Gasteiger partial charge in [0.05, 0.1) is 6.04 Å². The minimum absolute atomic E-state index is 0.00684. The van der Waals surface area contributed by atoms with Gasteiger partial charge in [-0.15, -0.1) is 0 Å². The zero-order chi connectivity index (χ0) is 32.6. The molecule has 11 nitrogen and oxygen atoms in total. The Hall–Kier alpha value is -2.98. The van der Waals surface area contributed by atoms with Crippen LogP contribution < -0.4 is 21.3 Å². The zero-order valence-electron chi connectivity index (χ0n) is 27.6. The molecule has 3 aliphatic rings. The Morgan fingerprint density at radius 2 is 1.57 bits per heavy atom. The molecule has 0 aromatic rings. The van der Waals surface area contributed by atoms with Crippen LogP contribution in [-0.4, -0.2) is 78.0 Å². The summed E-state index contributed by atoms with van der Waals surface area (Å²) >= 11 is 0. The smallest absolute Gasteiger partial charge is 0.289 e. The second kappa shape index (κ2) is 15.8. The number of amides is 5. The van der Waals surface area contributed by atoms with E-state index in [2.05, 4.69) is 21.3 Å². The maximum absolute atomic E-state index is 14.1. The van der Waals surface area contributed by atoms with Crippen LogP contribution in [0.15, 0.2) is 0 Å². The third kappa shape index (κ3) is 9.76. The fourth-order valence-corrected chi connectivity index (χ4v) is 6.28. The molecule has 248 valence electrons. The molecule has 0 bridgehead atoms. The minimum Gasteiger partial charge on any atom is -0.356 e. The molecule has 0 spiro atoms. The normalized spacial score (nSPS) is 21.7. The van der Waals surface area contributed by atoms with Crippen LogP contribution in [0, 0.1) is 23.2 Å².